The Hall–Kier alpha value is -2.54. The third-order valence-electron chi connectivity index (χ3n) is 12.1. The normalized spacial score (nSPS) is 26.7. The lowest BCUT2D eigenvalue weighted by Crippen LogP contribution is -2.63. The second-order valence-electron chi connectivity index (χ2n) is 17.6. The Labute approximate surface area is 302 Å². The van der Waals surface area contributed by atoms with E-state index >= 15 is 0 Å². The Morgan fingerprint density at radius 1 is 0.940 bits per heavy atom. The smallest absolute Gasteiger partial charge is 0.315 e. The predicted molar refractivity (Wildman–Crippen MR) is 195 cm³/mol. The molecule has 0 spiro atoms. The van der Waals surface area contributed by atoms with E-state index < -0.39 is 58.2 Å². The van der Waals surface area contributed by atoms with Gasteiger partial charge in [-0.1, -0.05) is 74.1 Å². The molecular formula is C37H64N6O6S. The zero-order valence-electron chi connectivity index (χ0n) is 32.0. The maximum atomic E-state index is 15.0. The summed E-state index contributed by atoms with van der Waals surface area (Å²) < 4.78 is 13.9. The number of Topliss-reactive ketones (excluding diaryl/α,β-unsaturated/α-hetero) is 1. The molecule has 13 heteroatoms. The summed E-state index contributed by atoms with van der Waals surface area (Å²) in [6.45, 7) is 15.1. The molecule has 12 nitrogen and oxygen atoms in total. The molecule has 4 fully saturated rings. The molecule has 1 heterocycles. The first-order valence-corrected chi connectivity index (χ1v) is 20.4. The predicted octanol–water partition coefficient (Wildman–Crippen LogP) is 3.66. The van der Waals surface area contributed by atoms with Crippen LogP contribution in [0.1, 0.15) is 119 Å². The molecule has 7 atom stereocenters. The highest BCUT2D eigenvalue weighted by Crippen LogP contribution is 2.53. The number of nitrogens with zero attached hydrogens (tertiary/aromatic N) is 2. The van der Waals surface area contributed by atoms with Crippen LogP contribution >= 0.6 is 0 Å². The number of ketones is 1. The third-order valence-corrected chi connectivity index (χ3v) is 13.1. The first-order valence-electron chi connectivity index (χ1n) is 18.9. The largest absolute Gasteiger partial charge is 0.347 e. The second-order valence-corrected chi connectivity index (χ2v) is 19.1. The molecule has 4 aliphatic rings. The van der Waals surface area contributed by atoms with Crippen molar-refractivity contribution in [2.45, 2.75) is 149 Å². The summed E-state index contributed by atoms with van der Waals surface area (Å²) in [7, 11) is 0.528. The number of likely N-dealkylation sites (tertiary alicyclic amines) is 1. The summed E-state index contributed by atoms with van der Waals surface area (Å²) in [6, 6.07) is -3.48. The van der Waals surface area contributed by atoms with Crippen molar-refractivity contribution in [3.8, 4) is 0 Å². The maximum Gasteiger partial charge on any atom is 0.315 e. The minimum Gasteiger partial charge on any atom is -0.347 e. The zero-order valence-corrected chi connectivity index (χ0v) is 32.8. The number of carbonyl (C=O) groups is 5. The monoisotopic (exact) mass is 720 g/mol. The number of fused-ring (bicyclic) bond motifs is 1. The highest BCUT2D eigenvalue weighted by Gasteiger charge is 2.58. The van der Waals surface area contributed by atoms with Crippen LogP contribution in [0.25, 0.3) is 0 Å². The molecule has 4 rings (SSSR count). The van der Waals surface area contributed by atoms with Crippen molar-refractivity contribution in [2.75, 3.05) is 26.4 Å². The topological polar surface area (TPSA) is 157 Å². The van der Waals surface area contributed by atoms with Gasteiger partial charge in [-0.15, -0.1) is 0 Å². The first-order chi connectivity index (χ1) is 23.3. The molecule has 3 saturated carbocycles. The summed E-state index contributed by atoms with van der Waals surface area (Å²) in [5.41, 5.74) is -0.981. The summed E-state index contributed by atoms with van der Waals surface area (Å²) in [6.07, 6.45) is 10.4. The average molecular weight is 721 g/mol. The van der Waals surface area contributed by atoms with Crippen molar-refractivity contribution in [1.29, 1.82) is 0 Å². The van der Waals surface area contributed by atoms with Gasteiger partial charge >= 0.3 is 6.03 Å². The Morgan fingerprint density at radius 3 is 2.14 bits per heavy atom. The standard InChI is InChI=1S/C37H64N6O6S/c1-10-14-26(29(44)32(46)38-23-15-16-23)39-31(45)28-24-17-20-36(5,6)25(24)21-43(28)33(47)30(37(7)18-12-11-13-19-37)41-34(48)40-27(35(2,3)4)22-42(8)50(9)49/h23-28,30H,10-22H2,1-9H3,(H,38,46)(H,39,45)(H2,40,41,48)/t24-,25-,26?,27+,28-,30+,50?/m0/s1. The van der Waals surface area contributed by atoms with E-state index in [0.717, 1.165) is 57.8 Å². The van der Waals surface area contributed by atoms with E-state index in [0.29, 0.717) is 25.9 Å². The highest BCUT2D eigenvalue weighted by molar-refractivity contribution is 7.81. The number of urea groups is 1. The number of rotatable bonds is 14. The van der Waals surface area contributed by atoms with Gasteiger partial charge in [-0.3, -0.25) is 19.2 Å². The van der Waals surface area contributed by atoms with E-state index in [2.05, 4.69) is 42.0 Å². The third kappa shape index (κ3) is 9.46. The van der Waals surface area contributed by atoms with Crippen molar-refractivity contribution < 1.29 is 28.2 Å². The molecule has 284 valence electrons. The van der Waals surface area contributed by atoms with Gasteiger partial charge in [0, 0.05) is 31.4 Å². The fourth-order valence-electron chi connectivity index (χ4n) is 8.42. The summed E-state index contributed by atoms with van der Waals surface area (Å²) in [5, 5.41) is 11.9. The minimum atomic E-state index is -1.22. The summed E-state index contributed by atoms with van der Waals surface area (Å²) in [4.78, 5) is 70.9. The van der Waals surface area contributed by atoms with Crippen LogP contribution in [0, 0.1) is 28.1 Å². The lowest BCUT2D eigenvalue weighted by atomic mass is 9.70. The molecule has 0 bridgehead atoms. The van der Waals surface area contributed by atoms with Crippen molar-refractivity contribution in [1.82, 2.24) is 30.5 Å². The van der Waals surface area contributed by atoms with Gasteiger partial charge < -0.3 is 26.2 Å². The van der Waals surface area contributed by atoms with Crippen LogP contribution in [0.4, 0.5) is 4.79 Å². The van der Waals surface area contributed by atoms with Gasteiger partial charge in [0.25, 0.3) is 5.91 Å². The quantitative estimate of drug-likeness (QED) is 0.201. The van der Waals surface area contributed by atoms with E-state index in [9.17, 15) is 28.2 Å². The van der Waals surface area contributed by atoms with Crippen LogP contribution in [0.5, 0.6) is 0 Å². The van der Waals surface area contributed by atoms with Gasteiger partial charge in [-0.05, 0) is 80.1 Å². The second kappa shape index (κ2) is 16.0. The molecule has 0 aromatic carbocycles. The van der Waals surface area contributed by atoms with Crippen LogP contribution in [-0.2, 0) is 30.2 Å². The van der Waals surface area contributed by atoms with Crippen molar-refractivity contribution in [3.63, 3.8) is 0 Å². The van der Waals surface area contributed by atoms with Gasteiger partial charge in [0.1, 0.15) is 12.1 Å². The van der Waals surface area contributed by atoms with Crippen LogP contribution in [-0.4, -0.2) is 99.6 Å². The fourth-order valence-corrected chi connectivity index (χ4v) is 8.78. The first kappa shape index (κ1) is 40.2. The van der Waals surface area contributed by atoms with Gasteiger partial charge in [0.05, 0.1) is 17.0 Å². The number of amides is 5. The van der Waals surface area contributed by atoms with Crippen molar-refractivity contribution in [3.05, 3.63) is 0 Å². The van der Waals surface area contributed by atoms with Crippen LogP contribution in [0.15, 0.2) is 0 Å². The van der Waals surface area contributed by atoms with E-state index in [1.165, 1.54) is 0 Å². The fraction of sp³-hybridized carbons (Fsp3) is 0.865. The molecule has 50 heavy (non-hydrogen) atoms. The Morgan fingerprint density at radius 2 is 1.58 bits per heavy atom. The zero-order chi connectivity index (χ0) is 37.2. The Balaban J connectivity index is 1.63. The Kier molecular flexibility index (Phi) is 12.9. The number of likely N-dealkylation sites (N-methyl/N-ethyl adjacent to an activating group) is 1. The van der Waals surface area contributed by atoms with E-state index in [1.807, 2.05) is 27.7 Å². The van der Waals surface area contributed by atoms with Gasteiger partial charge in [-0.2, -0.15) is 0 Å². The van der Waals surface area contributed by atoms with Gasteiger partial charge in [0.15, 0.2) is 0 Å². The molecule has 2 unspecified atom stereocenters. The van der Waals surface area contributed by atoms with Gasteiger partial charge in [0.2, 0.25) is 17.6 Å². The number of hydrogen-bond acceptors (Lipinski definition) is 6. The van der Waals surface area contributed by atoms with Crippen LogP contribution in [0.3, 0.4) is 0 Å². The van der Waals surface area contributed by atoms with Crippen molar-refractivity contribution in [2.24, 2.45) is 28.1 Å². The SMILES string of the molecule is CCCC(NC(=O)[C@@H]1[C@H]2CCC(C)(C)[C@H]2CN1C(=O)[C@@H](NC(=O)N[C@H](CN(C)S(C)=O)C(C)(C)C)C1(C)CCCCC1)C(=O)C(=O)NC1CC1. The lowest BCUT2D eigenvalue weighted by molar-refractivity contribution is -0.145. The van der Waals surface area contributed by atoms with E-state index in [1.54, 1.807) is 22.5 Å². The number of hydrogen-bond donors (Lipinski definition) is 4. The molecule has 4 N–H and O–H groups in total. The maximum absolute atomic E-state index is 15.0. The number of nitrogens with one attached hydrogen (secondary N) is 4. The van der Waals surface area contributed by atoms with E-state index in [-0.39, 0.29) is 40.7 Å². The molecule has 3 aliphatic carbocycles. The van der Waals surface area contributed by atoms with Crippen LogP contribution in [0.2, 0.25) is 0 Å². The summed E-state index contributed by atoms with van der Waals surface area (Å²) >= 11 is 0. The van der Waals surface area contributed by atoms with E-state index in [4.69, 9.17) is 0 Å². The molecule has 1 saturated heterocycles. The molecular weight excluding hydrogens is 657 g/mol. The lowest BCUT2D eigenvalue weighted by Gasteiger charge is -2.43. The molecule has 0 aromatic rings. The summed E-state index contributed by atoms with van der Waals surface area (Å²) in [5.74, 6) is -2.03. The molecule has 1 aliphatic heterocycles. The molecule has 0 aromatic heterocycles. The van der Waals surface area contributed by atoms with Gasteiger partial charge in [-0.25, -0.2) is 13.3 Å². The highest BCUT2D eigenvalue weighted by atomic mass is 32.2. The Bertz CT molecular complexity index is 1310. The molecule has 0 radical (unpaired) electrons. The van der Waals surface area contributed by atoms with Crippen molar-refractivity contribution >= 4 is 40.5 Å². The minimum absolute atomic E-state index is 0.0202. The van der Waals surface area contributed by atoms with Crippen LogP contribution < -0.4 is 21.3 Å². The average Bonchev–Trinajstić information content (AvgIpc) is 3.68. The number of carbonyl (C=O) groups excluding carboxylic acids is 5. The molecule has 5 amide bonds.